The summed E-state index contributed by atoms with van der Waals surface area (Å²) in [5, 5.41) is 0. The summed E-state index contributed by atoms with van der Waals surface area (Å²) >= 11 is 0. The molecule has 0 aliphatic heterocycles. The fraction of sp³-hybridized carbons (Fsp3) is 0.188. The summed E-state index contributed by atoms with van der Waals surface area (Å²) in [5.41, 5.74) is 3.42. The standard InChI is InChI=1S/C16H16FNO/c1-12-6-7-16(14(8-12)11-19)18(2)10-13-4-3-5-15(17)9-13/h3-9,11H,10H2,1-2H3. The molecule has 0 heterocycles. The van der Waals surface area contributed by atoms with E-state index in [0.29, 0.717) is 12.1 Å². The molecule has 2 rings (SSSR count). The van der Waals surface area contributed by atoms with Gasteiger partial charge in [-0.15, -0.1) is 0 Å². The maximum atomic E-state index is 13.1. The lowest BCUT2D eigenvalue weighted by Crippen LogP contribution is -2.18. The zero-order valence-corrected chi connectivity index (χ0v) is 11.1. The summed E-state index contributed by atoms with van der Waals surface area (Å²) in [6.07, 6.45) is 0.852. The van der Waals surface area contributed by atoms with E-state index in [0.717, 1.165) is 23.1 Å². The van der Waals surface area contributed by atoms with Crippen molar-refractivity contribution in [1.82, 2.24) is 0 Å². The molecule has 0 saturated heterocycles. The number of hydrogen-bond acceptors (Lipinski definition) is 2. The lowest BCUT2D eigenvalue weighted by atomic mass is 10.1. The maximum Gasteiger partial charge on any atom is 0.152 e. The number of anilines is 1. The molecule has 2 aromatic carbocycles. The second-order valence-corrected chi connectivity index (χ2v) is 4.67. The first-order chi connectivity index (χ1) is 9.10. The van der Waals surface area contributed by atoms with Gasteiger partial charge in [-0.2, -0.15) is 0 Å². The number of rotatable bonds is 4. The van der Waals surface area contributed by atoms with Gasteiger partial charge in [0, 0.05) is 24.8 Å². The molecule has 0 N–H and O–H groups in total. The maximum absolute atomic E-state index is 13.1. The Hall–Kier alpha value is -2.16. The molecule has 0 fully saturated rings. The minimum Gasteiger partial charge on any atom is -0.370 e. The van der Waals surface area contributed by atoms with E-state index in [9.17, 15) is 9.18 Å². The Balaban J connectivity index is 2.24. The number of carbonyl (C=O) groups excluding carboxylic acids is 1. The first kappa shape index (κ1) is 13.3. The highest BCUT2D eigenvalue weighted by Gasteiger charge is 2.08. The number of aryl methyl sites for hydroxylation is 1. The normalized spacial score (nSPS) is 10.3. The van der Waals surface area contributed by atoms with Crippen molar-refractivity contribution in [3.8, 4) is 0 Å². The van der Waals surface area contributed by atoms with Crippen LogP contribution >= 0.6 is 0 Å². The fourth-order valence-corrected chi connectivity index (χ4v) is 2.11. The van der Waals surface area contributed by atoms with Crippen molar-refractivity contribution in [2.75, 3.05) is 11.9 Å². The van der Waals surface area contributed by atoms with Gasteiger partial charge in [0.25, 0.3) is 0 Å². The van der Waals surface area contributed by atoms with Crippen LogP contribution in [0.15, 0.2) is 42.5 Å². The second-order valence-electron chi connectivity index (χ2n) is 4.67. The van der Waals surface area contributed by atoms with Crippen molar-refractivity contribution in [3.05, 3.63) is 65.0 Å². The van der Waals surface area contributed by atoms with Crippen molar-refractivity contribution in [2.24, 2.45) is 0 Å². The van der Waals surface area contributed by atoms with Crippen molar-refractivity contribution in [3.63, 3.8) is 0 Å². The van der Waals surface area contributed by atoms with Crippen LogP contribution in [0.2, 0.25) is 0 Å². The molecule has 0 atom stereocenters. The zero-order chi connectivity index (χ0) is 13.8. The molecule has 0 aromatic heterocycles. The van der Waals surface area contributed by atoms with E-state index in [4.69, 9.17) is 0 Å². The molecule has 19 heavy (non-hydrogen) atoms. The Labute approximate surface area is 112 Å². The molecule has 0 aliphatic rings. The van der Waals surface area contributed by atoms with Crippen LogP contribution in [0.3, 0.4) is 0 Å². The highest BCUT2D eigenvalue weighted by Crippen LogP contribution is 2.21. The SMILES string of the molecule is Cc1ccc(N(C)Cc2cccc(F)c2)c(C=O)c1. The second kappa shape index (κ2) is 5.65. The molecule has 2 nitrogen and oxygen atoms in total. The summed E-state index contributed by atoms with van der Waals surface area (Å²) in [4.78, 5) is 13.0. The van der Waals surface area contributed by atoms with E-state index in [-0.39, 0.29) is 5.82 Å². The van der Waals surface area contributed by atoms with E-state index >= 15 is 0 Å². The van der Waals surface area contributed by atoms with Gasteiger partial charge in [-0.25, -0.2) is 4.39 Å². The lowest BCUT2D eigenvalue weighted by Gasteiger charge is -2.21. The van der Waals surface area contributed by atoms with E-state index < -0.39 is 0 Å². The Morgan fingerprint density at radius 2 is 2.00 bits per heavy atom. The van der Waals surface area contributed by atoms with Crippen LogP contribution in [0.5, 0.6) is 0 Å². The average molecular weight is 257 g/mol. The van der Waals surface area contributed by atoms with Gasteiger partial charge < -0.3 is 4.90 Å². The molecule has 0 saturated carbocycles. The van der Waals surface area contributed by atoms with Gasteiger partial charge in [0.1, 0.15) is 5.82 Å². The van der Waals surface area contributed by atoms with Crippen LogP contribution in [0.4, 0.5) is 10.1 Å². The largest absolute Gasteiger partial charge is 0.370 e. The van der Waals surface area contributed by atoms with E-state index in [1.165, 1.54) is 12.1 Å². The minimum atomic E-state index is -0.245. The van der Waals surface area contributed by atoms with Crippen LogP contribution in [0, 0.1) is 12.7 Å². The molecule has 0 aliphatic carbocycles. The quantitative estimate of drug-likeness (QED) is 0.780. The topological polar surface area (TPSA) is 20.3 Å². The summed E-state index contributed by atoms with van der Waals surface area (Å²) < 4.78 is 13.1. The number of carbonyl (C=O) groups is 1. The van der Waals surface area contributed by atoms with Gasteiger partial charge in [0.2, 0.25) is 0 Å². The average Bonchev–Trinajstić information content (AvgIpc) is 2.38. The molecule has 0 spiro atoms. The van der Waals surface area contributed by atoms with Crippen molar-refractivity contribution < 1.29 is 9.18 Å². The third kappa shape index (κ3) is 3.19. The van der Waals surface area contributed by atoms with Gasteiger partial charge in [-0.3, -0.25) is 4.79 Å². The molecule has 2 aromatic rings. The Morgan fingerprint density at radius 3 is 2.68 bits per heavy atom. The summed E-state index contributed by atoms with van der Waals surface area (Å²) in [6.45, 7) is 2.50. The number of aldehydes is 1. The first-order valence-corrected chi connectivity index (χ1v) is 6.11. The number of hydrogen-bond donors (Lipinski definition) is 0. The highest BCUT2D eigenvalue weighted by atomic mass is 19.1. The molecule has 0 amide bonds. The van der Waals surface area contributed by atoms with Crippen LogP contribution in [-0.4, -0.2) is 13.3 Å². The number of halogens is 1. The van der Waals surface area contributed by atoms with Crippen molar-refractivity contribution in [1.29, 1.82) is 0 Å². The fourth-order valence-electron chi connectivity index (χ4n) is 2.11. The van der Waals surface area contributed by atoms with Gasteiger partial charge in [-0.1, -0.05) is 23.8 Å². The van der Waals surface area contributed by atoms with Gasteiger partial charge >= 0.3 is 0 Å². The molecular weight excluding hydrogens is 241 g/mol. The lowest BCUT2D eigenvalue weighted by molar-refractivity contribution is 0.112. The molecule has 0 radical (unpaired) electrons. The summed E-state index contributed by atoms with van der Waals surface area (Å²) in [7, 11) is 1.89. The molecule has 0 unspecified atom stereocenters. The highest BCUT2D eigenvalue weighted by molar-refractivity contribution is 5.84. The number of nitrogens with zero attached hydrogens (tertiary/aromatic N) is 1. The predicted molar refractivity (Wildman–Crippen MR) is 75.1 cm³/mol. The first-order valence-electron chi connectivity index (χ1n) is 6.11. The Bertz CT molecular complexity index is 595. The Morgan fingerprint density at radius 1 is 1.21 bits per heavy atom. The van der Waals surface area contributed by atoms with Crippen LogP contribution in [0.25, 0.3) is 0 Å². The van der Waals surface area contributed by atoms with Crippen molar-refractivity contribution >= 4 is 12.0 Å². The van der Waals surface area contributed by atoms with Crippen LogP contribution in [-0.2, 0) is 6.54 Å². The molecule has 98 valence electrons. The third-order valence-corrected chi connectivity index (χ3v) is 3.03. The third-order valence-electron chi connectivity index (χ3n) is 3.03. The van der Waals surface area contributed by atoms with E-state index in [1.54, 1.807) is 6.07 Å². The molecule has 0 bridgehead atoms. The zero-order valence-electron chi connectivity index (χ0n) is 11.1. The van der Waals surface area contributed by atoms with E-state index in [1.807, 2.05) is 43.1 Å². The predicted octanol–water partition coefficient (Wildman–Crippen LogP) is 3.58. The molecular formula is C16H16FNO. The minimum absolute atomic E-state index is 0.245. The van der Waals surface area contributed by atoms with Gasteiger partial charge in [0.15, 0.2) is 6.29 Å². The summed E-state index contributed by atoms with van der Waals surface area (Å²) in [6, 6.07) is 12.2. The summed E-state index contributed by atoms with van der Waals surface area (Å²) in [5.74, 6) is -0.245. The van der Waals surface area contributed by atoms with Gasteiger partial charge in [0.05, 0.1) is 0 Å². The Kier molecular flexibility index (Phi) is 3.95. The number of benzene rings is 2. The smallest absolute Gasteiger partial charge is 0.152 e. The van der Waals surface area contributed by atoms with Crippen LogP contribution < -0.4 is 4.90 Å². The van der Waals surface area contributed by atoms with Crippen LogP contribution in [0.1, 0.15) is 21.5 Å². The van der Waals surface area contributed by atoms with Crippen molar-refractivity contribution in [2.45, 2.75) is 13.5 Å². The molecule has 3 heteroatoms. The van der Waals surface area contributed by atoms with E-state index in [2.05, 4.69) is 0 Å². The van der Waals surface area contributed by atoms with Gasteiger partial charge in [-0.05, 0) is 36.8 Å². The monoisotopic (exact) mass is 257 g/mol.